The Morgan fingerprint density at radius 1 is 1.33 bits per heavy atom. The number of fused-ring (bicyclic) bond motifs is 1. The molecule has 1 radical (unpaired) electrons. The van der Waals surface area contributed by atoms with Gasteiger partial charge < -0.3 is 5.32 Å². The molecule has 0 aromatic heterocycles. The van der Waals surface area contributed by atoms with Gasteiger partial charge in [-0.05, 0) is 41.1 Å². The maximum Gasteiger partial charge on any atom is 0.294 e. The fraction of sp³-hybridized carbons (Fsp3) is 0.0833. The van der Waals surface area contributed by atoms with E-state index < -0.39 is 10.1 Å². The van der Waals surface area contributed by atoms with Gasteiger partial charge in [0.1, 0.15) is 0 Å². The van der Waals surface area contributed by atoms with Crippen LogP contribution >= 0.6 is 0 Å². The topological polar surface area (TPSA) is 83.5 Å². The van der Waals surface area contributed by atoms with Gasteiger partial charge in [-0.2, -0.15) is 8.42 Å². The molecule has 0 saturated heterocycles. The molecule has 0 bridgehead atoms. The molecule has 6 heteroatoms. The molecule has 0 unspecified atom stereocenters. The number of anilines is 1. The van der Waals surface area contributed by atoms with Crippen molar-refractivity contribution in [2.24, 2.45) is 0 Å². The largest absolute Gasteiger partial charge is 0.326 e. The highest BCUT2D eigenvalue weighted by atomic mass is 32.2. The van der Waals surface area contributed by atoms with Gasteiger partial charge >= 0.3 is 0 Å². The van der Waals surface area contributed by atoms with Crippen molar-refractivity contribution in [2.75, 3.05) is 5.32 Å². The Morgan fingerprint density at radius 2 is 2.06 bits per heavy atom. The second kappa shape index (κ2) is 4.40. The monoisotopic (exact) mass is 264 g/mol. The molecule has 1 amide bonds. The van der Waals surface area contributed by atoms with E-state index in [0.717, 1.165) is 0 Å². The van der Waals surface area contributed by atoms with Crippen molar-refractivity contribution in [1.29, 1.82) is 0 Å². The van der Waals surface area contributed by atoms with E-state index in [9.17, 15) is 13.2 Å². The number of amides is 1. The van der Waals surface area contributed by atoms with Crippen molar-refractivity contribution in [3.8, 4) is 0 Å². The molecule has 0 heterocycles. The lowest BCUT2D eigenvalue weighted by Crippen LogP contribution is -2.05. The number of carbonyl (C=O) groups excluding carboxylic acids is 1. The predicted octanol–water partition coefficient (Wildman–Crippen LogP) is 1.85. The number of rotatable bonds is 2. The van der Waals surface area contributed by atoms with Crippen molar-refractivity contribution in [3.63, 3.8) is 0 Å². The summed E-state index contributed by atoms with van der Waals surface area (Å²) < 4.78 is 30.9. The summed E-state index contributed by atoms with van der Waals surface area (Å²) in [7, 11) is -4.22. The second-order valence-electron chi connectivity index (χ2n) is 3.79. The molecular formula is C12H10NO4S. The van der Waals surface area contributed by atoms with Crippen LogP contribution in [0.25, 0.3) is 10.8 Å². The minimum absolute atomic E-state index is 0.191. The smallest absolute Gasteiger partial charge is 0.294 e. The zero-order chi connectivity index (χ0) is 13.3. The van der Waals surface area contributed by atoms with Gasteiger partial charge in [-0.15, -0.1) is 0 Å². The van der Waals surface area contributed by atoms with Gasteiger partial charge in [-0.25, -0.2) is 0 Å². The molecule has 0 aliphatic heterocycles. The molecule has 18 heavy (non-hydrogen) atoms. The van der Waals surface area contributed by atoms with E-state index in [4.69, 9.17) is 4.55 Å². The number of hydrogen-bond acceptors (Lipinski definition) is 3. The molecule has 2 N–H and O–H groups in total. The second-order valence-corrected chi connectivity index (χ2v) is 5.22. The average molecular weight is 264 g/mol. The highest BCUT2D eigenvalue weighted by molar-refractivity contribution is 7.85. The highest BCUT2D eigenvalue weighted by Crippen LogP contribution is 2.22. The van der Waals surface area contributed by atoms with Gasteiger partial charge in [0.25, 0.3) is 10.1 Å². The number of nitrogens with one attached hydrogen (secondary N) is 1. The van der Waals surface area contributed by atoms with Crippen molar-refractivity contribution in [3.05, 3.63) is 36.4 Å². The predicted molar refractivity (Wildman–Crippen MR) is 66.9 cm³/mol. The Balaban J connectivity index is 2.52. The molecular weight excluding hydrogens is 254 g/mol. The minimum Gasteiger partial charge on any atom is -0.326 e. The van der Waals surface area contributed by atoms with Gasteiger partial charge in [0.2, 0.25) is 5.91 Å². The van der Waals surface area contributed by atoms with Crippen LogP contribution in [0.2, 0.25) is 0 Å². The van der Waals surface area contributed by atoms with E-state index in [1.165, 1.54) is 19.1 Å². The summed E-state index contributed by atoms with van der Waals surface area (Å²) in [6.45, 7) is 1.40. The van der Waals surface area contributed by atoms with Crippen LogP contribution in [0.3, 0.4) is 0 Å². The summed E-state index contributed by atoms with van der Waals surface area (Å²) in [5.74, 6) is -0.191. The number of carbonyl (C=O) groups is 1. The average Bonchev–Trinajstić information content (AvgIpc) is 2.26. The molecule has 5 nitrogen and oxygen atoms in total. The minimum atomic E-state index is -4.22. The van der Waals surface area contributed by atoms with E-state index in [1.54, 1.807) is 18.2 Å². The Hall–Kier alpha value is -1.92. The van der Waals surface area contributed by atoms with Crippen LogP contribution in [0.4, 0.5) is 5.69 Å². The Bertz CT molecular complexity index is 722. The molecule has 0 aliphatic rings. The van der Waals surface area contributed by atoms with Crippen LogP contribution < -0.4 is 5.32 Å². The maximum absolute atomic E-state index is 11.0. The van der Waals surface area contributed by atoms with Crippen molar-refractivity contribution < 1.29 is 17.8 Å². The number of hydrogen-bond donors (Lipinski definition) is 2. The van der Waals surface area contributed by atoms with Crippen LogP contribution in [0.1, 0.15) is 6.92 Å². The fourth-order valence-corrected chi connectivity index (χ4v) is 2.06. The fourth-order valence-electron chi connectivity index (χ4n) is 1.58. The van der Waals surface area contributed by atoms with E-state index >= 15 is 0 Å². The van der Waals surface area contributed by atoms with Gasteiger partial charge in [-0.1, -0.05) is 6.07 Å². The Labute approximate surface area is 104 Å². The van der Waals surface area contributed by atoms with Crippen LogP contribution in [0, 0.1) is 6.07 Å². The third-order valence-electron chi connectivity index (χ3n) is 2.34. The SMILES string of the molecule is CC(=O)Nc1ccc2cc(S(=O)(=O)O)c[c]c2c1. The van der Waals surface area contributed by atoms with Crippen LogP contribution in [0.15, 0.2) is 35.2 Å². The van der Waals surface area contributed by atoms with E-state index in [-0.39, 0.29) is 10.8 Å². The van der Waals surface area contributed by atoms with E-state index in [1.807, 2.05) is 0 Å². The third kappa shape index (κ3) is 2.66. The first-order chi connectivity index (χ1) is 8.36. The Morgan fingerprint density at radius 3 is 2.67 bits per heavy atom. The summed E-state index contributed by atoms with van der Waals surface area (Å²) in [6.07, 6.45) is 0. The molecule has 0 atom stereocenters. The molecule has 2 aromatic carbocycles. The molecule has 2 aromatic rings. The van der Waals surface area contributed by atoms with Crippen molar-refractivity contribution in [1.82, 2.24) is 0 Å². The van der Waals surface area contributed by atoms with E-state index in [2.05, 4.69) is 11.4 Å². The normalized spacial score (nSPS) is 11.4. The maximum atomic E-state index is 11.0. The summed E-state index contributed by atoms with van der Waals surface area (Å²) in [6, 6.07) is 10.2. The molecule has 0 fully saturated rings. The highest BCUT2D eigenvalue weighted by Gasteiger charge is 2.10. The number of benzene rings is 2. The quantitative estimate of drug-likeness (QED) is 0.811. The van der Waals surface area contributed by atoms with Gasteiger partial charge in [0.15, 0.2) is 0 Å². The van der Waals surface area contributed by atoms with Crippen LogP contribution in [0.5, 0.6) is 0 Å². The van der Waals surface area contributed by atoms with Gasteiger partial charge in [0, 0.05) is 12.6 Å². The zero-order valence-electron chi connectivity index (χ0n) is 9.47. The summed E-state index contributed by atoms with van der Waals surface area (Å²) in [4.78, 5) is 10.7. The van der Waals surface area contributed by atoms with Crippen molar-refractivity contribution >= 4 is 32.5 Å². The van der Waals surface area contributed by atoms with Gasteiger partial charge in [0.05, 0.1) is 4.90 Å². The van der Waals surface area contributed by atoms with Crippen molar-refractivity contribution in [2.45, 2.75) is 11.8 Å². The van der Waals surface area contributed by atoms with Crippen LogP contribution in [-0.4, -0.2) is 18.9 Å². The molecule has 0 spiro atoms. The molecule has 0 saturated carbocycles. The summed E-state index contributed by atoms with van der Waals surface area (Å²) in [5, 5.41) is 3.87. The summed E-state index contributed by atoms with van der Waals surface area (Å²) >= 11 is 0. The Kier molecular flexibility index (Phi) is 3.06. The van der Waals surface area contributed by atoms with E-state index in [0.29, 0.717) is 16.5 Å². The first-order valence-electron chi connectivity index (χ1n) is 5.07. The zero-order valence-corrected chi connectivity index (χ0v) is 10.3. The standard InChI is InChI=1S/C12H10NO4S/c1-8(14)13-11-4-2-10-7-12(18(15,16)17)5-3-9(10)6-11/h2,4-7H,1H3,(H,13,14)(H,15,16,17). The first-order valence-corrected chi connectivity index (χ1v) is 6.51. The molecule has 93 valence electrons. The molecule has 2 rings (SSSR count). The molecule has 0 aliphatic carbocycles. The lowest BCUT2D eigenvalue weighted by atomic mass is 10.1. The lowest BCUT2D eigenvalue weighted by molar-refractivity contribution is -0.114. The van der Waals surface area contributed by atoms with Gasteiger partial charge in [-0.3, -0.25) is 9.35 Å². The lowest BCUT2D eigenvalue weighted by Gasteiger charge is -2.05. The first kappa shape index (κ1) is 12.5. The third-order valence-corrected chi connectivity index (χ3v) is 3.17. The summed E-state index contributed by atoms with van der Waals surface area (Å²) in [5.41, 5.74) is 0.603. The van der Waals surface area contributed by atoms with Crippen LogP contribution in [-0.2, 0) is 14.9 Å².